The van der Waals surface area contributed by atoms with Crippen LogP contribution in [-0.4, -0.2) is 43.3 Å². The Kier molecular flexibility index (Phi) is 8.09. The van der Waals surface area contributed by atoms with Crippen LogP contribution in [0.25, 0.3) is 11.1 Å². The molecule has 0 saturated heterocycles. The summed E-state index contributed by atoms with van der Waals surface area (Å²) in [5.74, 6) is 0.111. The summed E-state index contributed by atoms with van der Waals surface area (Å²) in [4.78, 5) is 0. The van der Waals surface area contributed by atoms with Gasteiger partial charge in [0.2, 0.25) is 0 Å². The number of aromatic hydroxyl groups is 1. The summed E-state index contributed by atoms with van der Waals surface area (Å²) in [6.45, 7) is 6.32. The van der Waals surface area contributed by atoms with Gasteiger partial charge in [-0.3, -0.25) is 10.0 Å². The summed E-state index contributed by atoms with van der Waals surface area (Å²) < 4.78 is 0. The lowest BCUT2D eigenvalue weighted by atomic mass is 9.90. The van der Waals surface area contributed by atoms with Gasteiger partial charge in [0, 0.05) is 28.2 Å². The van der Waals surface area contributed by atoms with Crippen LogP contribution >= 0.6 is 0 Å². The molecule has 30 heavy (non-hydrogen) atoms. The van der Waals surface area contributed by atoms with Crippen LogP contribution in [0.1, 0.15) is 43.4 Å². The first-order valence-electron chi connectivity index (χ1n) is 10.1. The standard InChI is InChI=1S/C23H32N6O/c1-8-19(17-11-10-16(3)21(14-17)24-26-28(4)5)20(9-2)18-12-13-23(30)22(15-18)25-27-29(6)7/h10-15,30H,8-9H2,1-7H3/b20-19+,26-24?,27-25?. The van der Waals surface area contributed by atoms with Crippen molar-refractivity contribution in [2.45, 2.75) is 33.6 Å². The van der Waals surface area contributed by atoms with E-state index in [0.29, 0.717) is 5.69 Å². The number of hydrogen-bond acceptors (Lipinski definition) is 5. The summed E-state index contributed by atoms with van der Waals surface area (Å²) in [6.07, 6.45) is 1.71. The van der Waals surface area contributed by atoms with Crippen molar-refractivity contribution in [1.82, 2.24) is 10.0 Å². The maximum Gasteiger partial charge on any atom is 0.143 e. The van der Waals surface area contributed by atoms with E-state index in [-0.39, 0.29) is 5.75 Å². The van der Waals surface area contributed by atoms with Gasteiger partial charge in [-0.05, 0) is 65.8 Å². The minimum Gasteiger partial charge on any atom is -0.506 e. The number of benzene rings is 2. The number of nitrogens with zero attached hydrogens (tertiary/aromatic N) is 6. The van der Waals surface area contributed by atoms with Crippen LogP contribution in [0.4, 0.5) is 11.4 Å². The van der Waals surface area contributed by atoms with Gasteiger partial charge < -0.3 is 5.11 Å². The van der Waals surface area contributed by atoms with Crippen molar-refractivity contribution in [1.29, 1.82) is 0 Å². The molecule has 2 aromatic carbocycles. The van der Waals surface area contributed by atoms with Gasteiger partial charge in [-0.25, -0.2) is 0 Å². The molecule has 0 fully saturated rings. The first-order valence-corrected chi connectivity index (χ1v) is 10.1. The molecule has 0 aliphatic carbocycles. The van der Waals surface area contributed by atoms with Crippen LogP contribution in [0.2, 0.25) is 0 Å². The molecule has 0 spiro atoms. The molecule has 0 atom stereocenters. The Labute approximate surface area is 179 Å². The van der Waals surface area contributed by atoms with Gasteiger partial charge in [0.15, 0.2) is 0 Å². The normalized spacial score (nSPS) is 12.5. The zero-order chi connectivity index (χ0) is 22.3. The van der Waals surface area contributed by atoms with Crippen LogP contribution in [0, 0.1) is 6.92 Å². The molecule has 0 radical (unpaired) electrons. The van der Waals surface area contributed by atoms with Gasteiger partial charge in [-0.15, -0.1) is 10.2 Å². The Balaban J connectivity index is 2.59. The molecule has 160 valence electrons. The average molecular weight is 409 g/mol. The van der Waals surface area contributed by atoms with Crippen LogP contribution < -0.4 is 0 Å². The Morgan fingerprint density at radius 1 is 0.767 bits per heavy atom. The molecule has 0 aliphatic heterocycles. The molecule has 0 aliphatic rings. The smallest absolute Gasteiger partial charge is 0.143 e. The summed E-state index contributed by atoms with van der Waals surface area (Å²) in [7, 11) is 7.29. The maximum absolute atomic E-state index is 10.2. The number of allylic oxidation sites excluding steroid dienone is 2. The van der Waals surface area contributed by atoms with Crippen LogP contribution in [0.15, 0.2) is 57.1 Å². The lowest BCUT2D eigenvalue weighted by Crippen LogP contribution is -1.99. The van der Waals surface area contributed by atoms with Crippen LogP contribution in [0.3, 0.4) is 0 Å². The number of aryl methyl sites for hydroxylation is 1. The fraction of sp³-hybridized carbons (Fsp3) is 0.391. The van der Waals surface area contributed by atoms with E-state index in [0.717, 1.165) is 35.2 Å². The summed E-state index contributed by atoms with van der Waals surface area (Å²) >= 11 is 0. The molecule has 7 heteroatoms. The third-order valence-electron chi connectivity index (χ3n) is 4.62. The van der Waals surface area contributed by atoms with E-state index in [1.807, 2.05) is 33.2 Å². The fourth-order valence-corrected chi connectivity index (χ4v) is 3.15. The van der Waals surface area contributed by atoms with E-state index in [1.165, 1.54) is 11.1 Å². The molecular formula is C23H32N6O. The Hall–Kier alpha value is -3.22. The third-order valence-corrected chi connectivity index (χ3v) is 4.62. The topological polar surface area (TPSA) is 76.1 Å². The average Bonchev–Trinajstić information content (AvgIpc) is 2.71. The van der Waals surface area contributed by atoms with E-state index in [2.05, 4.69) is 52.7 Å². The monoisotopic (exact) mass is 408 g/mol. The second-order valence-electron chi connectivity index (χ2n) is 7.44. The summed E-state index contributed by atoms with van der Waals surface area (Å²) in [6, 6.07) is 11.8. The third kappa shape index (κ3) is 5.89. The lowest BCUT2D eigenvalue weighted by molar-refractivity contribution is 0.406. The minimum absolute atomic E-state index is 0.111. The molecule has 1 N–H and O–H groups in total. The summed E-state index contributed by atoms with van der Waals surface area (Å²) in [5.41, 5.74) is 6.97. The molecule has 0 amide bonds. The largest absolute Gasteiger partial charge is 0.506 e. The zero-order valence-corrected chi connectivity index (χ0v) is 19.0. The van der Waals surface area contributed by atoms with Crippen molar-refractivity contribution in [3.63, 3.8) is 0 Å². The van der Waals surface area contributed by atoms with Crippen LogP contribution in [0.5, 0.6) is 5.75 Å². The highest BCUT2D eigenvalue weighted by molar-refractivity contribution is 5.92. The number of rotatable bonds is 8. The van der Waals surface area contributed by atoms with Crippen LogP contribution in [-0.2, 0) is 0 Å². The van der Waals surface area contributed by atoms with Crippen molar-refractivity contribution in [2.24, 2.45) is 20.7 Å². The van der Waals surface area contributed by atoms with Crippen molar-refractivity contribution in [3.8, 4) is 5.75 Å². The highest BCUT2D eigenvalue weighted by Gasteiger charge is 2.13. The van der Waals surface area contributed by atoms with E-state index >= 15 is 0 Å². The molecule has 2 rings (SSSR count). The first kappa shape index (κ1) is 23.1. The number of hydrogen-bond donors (Lipinski definition) is 1. The van der Waals surface area contributed by atoms with Gasteiger partial charge in [-0.1, -0.05) is 42.5 Å². The Bertz CT molecular complexity index is 883. The predicted octanol–water partition coefficient (Wildman–Crippen LogP) is 6.55. The molecule has 0 unspecified atom stereocenters. The highest BCUT2D eigenvalue weighted by Crippen LogP contribution is 2.37. The van der Waals surface area contributed by atoms with E-state index in [4.69, 9.17) is 0 Å². The van der Waals surface area contributed by atoms with Crippen molar-refractivity contribution < 1.29 is 5.11 Å². The molecular weight excluding hydrogens is 376 g/mol. The first-order chi connectivity index (χ1) is 14.3. The molecule has 0 aromatic heterocycles. The van der Waals surface area contributed by atoms with Gasteiger partial charge in [-0.2, -0.15) is 0 Å². The molecule has 0 heterocycles. The summed E-state index contributed by atoms with van der Waals surface area (Å²) in [5, 5.41) is 30.1. The van der Waals surface area contributed by atoms with Gasteiger partial charge in [0.1, 0.15) is 11.4 Å². The second-order valence-corrected chi connectivity index (χ2v) is 7.44. The predicted molar refractivity (Wildman–Crippen MR) is 123 cm³/mol. The molecule has 0 bridgehead atoms. The van der Waals surface area contributed by atoms with Gasteiger partial charge >= 0.3 is 0 Å². The molecule has 0 saturated carbocycles. The SMILES string of the molecule is CC/C(=C(/CC)c1ccc(O)c(N=NN(C)C)c1)c1ccc(C)c(N=NN(C)C)c1. The quantitative estimate of drug-likeness (QED) is 0.305. The number of phenolic OH excluding ortho intramolecular Hbond substituents is 1. The van der Waals surface area contributed by atoms with Crippen molar-refractivity contribution in [2.75, 3.05) is 28.2 Å². The second kappa shape index (κ2) is 10.5. The van der Waals surface area contributed by atoms with Gasteiger partial charge in [0.05, 0.1) is 5.69 Å². The number of phenols is 1. The Morgan fingerprint density at radius 3 is 1.73 bits per heavy atom. The zero-order valence-electron chi connectivity index (χ0n) is 19.0. The lowest BCUT2D eigenvalue weighted by Gasteiger charge is -2.16. The maximum atomic E-state index is 10.2. The Morgan fingerprint density at radius 2 is 1.23 bits per heavy atom. The molecule has 2 aromatic rings. The highest BCUT2D eigenvalue weighted by atomic mass is 16.3. The van der Waals surface area contributed by atoms with E-state index < -0.39 is 0 Å². The van der Waals surface area contributed by atoms with Crippen molar-refractivity contribution in [3.05, 3.63) is 53.1 Å². The van der Waals surface area contributed by atoms with E-state index in [1.54, 1.807) is 30.2 Å². The van der Waals surface area contributed by atoms with Crippen molar-refractivity contribution >= 4 is 22.5 Å². The van der Waals surface area contributed by atoms with E-state index in [9.17, 15) is 5.11 Å². The molecule has 7 nitrogen and oxygen atoms in total. The minimum atomic E-state index is 0.111. The van der Waals surface area contributed by atoms with Gasteiger partial charge in [0.25, 0.3) is 0 Å². The fourth-order valence-electron chi connectivity index (χ4n) is 3.15.